The minimum atomic E-state index is -0.532. The Balaban J connectivity index is 1.89. The van der Waals surface area contributed by atoms with Crippen LogP contribution in [0.25, 0.3) is 0 Å². The molecule has 0 aliphatic rings. The summed E-state index contributed by atoms with van der Waals surface area (Å²) in [6.45, 7) is 4.60. The maximum atomic E-state index is 10.3. The summed E-state index contributed by atoms with van der Waals surface area (Å²) >= 11 is 0. The van der Waals surface area contributed by atoms with E-state index >= 15 is 0 Å². The van der Waals surface area contributed by atoms with E-state index in [0.29, 0.717) is 12.3 Å². The lowest BCUT2D eigenvalue weighted by Crippen LogP contribution is -2.24. The van der Waals surface area contributed by atoms with E-state index in [1.807, 2.05) is 68.4 Å². The second-order valence-electron chi connectivity index (χ2n) is 5.58. The third-order valence-corrected chi connectivity index (χ3v) is 3.73. The van der Waals surface area contributed by atoms with Crippen molar-refractivity contribution in [1.82, 2.24) is 5.32 Å². The first-order valence-electron chi connectivity index (χ1n) is 7.68. The van der Waals surface area contributed by atoms with Crippen molar-refractivity contribution in [2.45, 2.75) is 26.0 Å². The van der Waals surface area contributed by atoms with Gasteiger partial charge < -0.3 is 15.2 Å². The molecule has 0 spiro atoms. The highest BCUT2D eigenvalue weighted by molar-refractivity contribution is 5.29. The number of nitrogens with zero attached hydrogens (tertiary/aromatic N) is 1. The van der Waals surface area contributed by atoms with Crippen molar-refractivity contribution in [3.05, 3.63) is 65.2 Å². The molecule has 0 saturated carbocycles. The number of benzene rings is 2. The number of rotatable bonds is 7. The first-order valence-corrected chi connectivity index (χ1v) is 7.68. The molecule has 2 N–H and O–H groups in total. The molecule has 4 heteroatoms. The Kier molecular flexibility index (Phi) is 6.16. The third-order valence-electron chi connectivity index (χ3n) is 3.73. The molecular weight excluding hydrogens is 288 g/mol. The molecular formula is C19H22N2O2. The van der Waals surface area contributed by atoms with Crippen molar-refractivity contribution in [1.29, 1.82) is 5.26 Å². The summed E-state index contributed by atoms with van der Waals surface area (Å²) in [6.07, 6.45) is -0.532. The molecule has 0 radical (unpaired) electrons. The van der Waals surface area contributed by atoms with E-state index < -0.39 is 6.10 Å². The molecule has 2 rings (SSSR count). The third kappa shape index (κ3) is 5.10. The van der Waals surface area contributed by atoms with Crippen LogP contribution < -0.4 is 10.1 Å². The number of aliphatic hydroxyl groups excluding tert-OH is 1. The van der Waals surface area contributed by atoms with Gasteiger partial charge in [0.15, 0.2) is 6.61 Å². The first kappa shape index (κ1) is 17.0. The summed E-state index contributed by atoms with van der Waals surface area (Å²) in [6, 6.07) is 17.6. The van der Waals surface area contributed by atoms with Crippen molar-refractivity contribution >= 4 is 0 Å². The molecule has 0 bridgehead atoms. The first-order chi connectivity index (χ1) is 11.1. The van der Waals surface area contributed by atoms with E-state index in [1.165, 1.54) is 0 Å². The molecule has 2 atom stereocenters. The highest BCUT2D eigenvalue weighted by Crippen LogP contribution is 2.19. The molecule has 4 nitrogen and oxygen atoms in total. The fourth-order valence-corrected chi connectivity index (χ4v) is 2.37. The minimum absolute atomic E-state index is 0.0514. The van der Waals surface area contributed by atoms with Crippen LogP contribution in [0.4, 0.5) is 0 Å². The van der Waals surface area contributed by atoms with Crippen molar-refractivity contribution in [3.63, 3.8) is 0 Å². The lowest BCUT2D eigenvalue weighted by atomic mass is 10.1. The lowest BCUT2D eigenvalue weighted by molar-refractivity contribution is 0.170. The monoisotopic (exact) mass is 310 g/mol. The molecule has 0 saturated heterocycles. The van der Waals surface area contributed by atoms with Crippen LogP contribution in [-0.2, 0) is 0 Å². The van der Waals surface area contributed by atoms with Crippen LogP contribution in [0.3, 0.4) is 0 Å². The van der Waals surface area contributed by atoms with Gasteiger partial charge in [0.1, 0.15) is 11.8 Å². The number of hydrogen-bond donors (Lipinski definition) is 2. The van der Waals surface area contributed by atoms with Crippen molar-refractivity contribution in [3.8, 4) is 11.8 Å². The Labute approximate surface area is 137 Å². The molecule has 2 aromatic rings. The fourth-order valence-electron chi connectivity index (χ4n) is 2.37. The number of ether oxygens (including phenoxy) is 1. The van der Waals surface area contributed by atoms with Crippen molar-refractivity contribution in [2.75, 3.05) is 13.2 Å². The lowest BCUT2D eigenvalue weighted by Gasteiger charge is -2.18. The Morgan fingerprint density at radius 2 is 1.91 bits per heavy atom. The van der Waals surface area contributed by atoms with E-state index in [0.717, 1.165) is 16.7 Å². The highest BCUT2D eigenvalue weighted by atomic mass is 16.5. The molecule has 0 fully saturated rings. The Morgan fingerprint density at radius 3 is 2.57 bits per heavy atom. The second-order valence-corrected chi connectivity index (χ2v) is 5.58. The van der Waals surface area contributed by atoms with Gasteiger partial charge in [0, 0.05) is 12.6 Å². The zero-order valence-corrected chi connectivity index (χ0v) is 13.5. The molecule has 0 amide bonds. The van der Waals surface area contributed by atoms with Gasteiger partial charge in [-0.25, -0.2) is 0 Å². The Morgan fingerprint density at radius 1 is 1.17 bits per heavy atom. The molecule has 23 heavy (non-hydrogen) atoms. The number of nitrogens with one attached hydrogen (secondary N) is 1. The smallest absolute Gasteiger partial charge is 0.174 e. The molecule has 120 valence electrons. The maximum Gasteiger partial charge on any atom is 0.174 e. The van der Waals surface area contributed by atoms with Gasteiger partial charge in [-0.3, -0.25) is 0 Å². The van der Waals surface area contributed by atoms with Gasteiger partial charge in [-0.2, -0.15) is 5.26 Å². The van der Waals surface area contributed by atoms with Crippen molar-refractivity contribution in [2.24, 2.45) is 0 Å². The number of nitriles is 1. The van der Waals surface area contributed by atoms with Gasteiger partial charge in [-0.1, -0.05) is 42.0 Å². The topological polar surface area (TPSA) is 65.3 Å². The molecule has 0 aliphatic heterocycles. The number of hydrogen-bond acceptors (Lipinski definition) is 4. The second kappa shape index (κ2) is 8.33. The predicted molar refractivity (Wildman–Crippen MR) is 90.1 cm³/mol. The average Bonchev–Trinajstić information content (AvgIpc) is 2.58. The predicted octanol–water partition coefficient (Wildman–Crippen LogP) is 3.28. The summed E-state index contributed by atoms with van der Waals surface area (Å²) in [5.41, 5.74) is 3.17. The summed E-state index contributed by atoms with van der Waals surface area (Å²) in [5, 5.41) is 22.1. The fraction of sp³-hybridized carbons (Fsp3) is 0.316. The maximum absolute atomic E-state index is 10.3. The van der Waals surface area contributed by atoms with Gasteiger partial charge in [-0.05, 0) is 37.1 Å². The SMILES string of the molecule is Cc1cccc(C(O)CNC(C)c2ccc(OCC#N)cc2)c1. The van der Waals surface area contributed by atoms with Gasteiger partial charge in [0.2, 0.25) is 0 Å². The van der Waals surface area contributed by atoms with Gasteiger partial charge in [-0.15, -0.1) is 0 Å². The van der Waals surface area contributed by atoms with E-state index in [-0.39, 0.29) is 12.6 Å². The Hall–Kier alpha value is -2.35. The van der Waals surface area contributed by atoms with Gasteiger partial charge in [0.05, 0.1) is 6.10 Å². The zero-order valence-electron chi connectivity index (χ0n) is 13.5. The summed E-state index contributed by atoms with van der Waals surface area (Å²) in [7, 11) is 0. The number of aryl methyl sites for hydroxylation is 1. The highest BCUT2D eigenvalue weighted by Gasteiger charge is 2.11. The molecule has 2 aromatic carbocycles. The van der Waals surface area contributed by atoms with Crippen molar-refractivity contribution < 1.29 is 9.84 Å². The van der Waals surface area contributed by atoms with Crippen LogP contribution in [0.1, 0.15) is 35.8 Å². The molecule has 0 aromatic heterocycles. The van der Waals surface area contributed by atoms with Crippen LogP contribution in [0.15, 0.2) is 48.5 Å². The van der Waals surface area contributed by atoms with E-state index in [1.54, 1.807) is 0 Å². The van der Waals surface area contributed by atoms with Gasteiger partial charge in [0.25, 0.3) is 0 Å². The minimum Gasteiger partial charge on any atom is -0.479 e. The van der Waals surface area contributed by atoms with E-state index in [2.05, 4.69) is 5.32 Å². The van der Waals surface area contributed by atoms with E-state index in [9.17, 15) is 5.11 Å². The Bertz CT molecular complexity index is 662. The molecule has 2 unspecified atom stereocenters. The molecule has 0 aliphatic carbocycles. The average molecular weight is 310 g/mol. The zero-order chi connectivity index (χ0) is 16.7. The van der Waals surface area contributed by atoms with Gasteiger partial charge >= 0.3 is 0 Å². The van der Waals surface area contributed by atoms with E-state index in [4.69, 9.17) is 10.00 Å². The van der Waals surface area contributed by atoms with Crippen LogP contribution in [0.2, 0.25) is 0 Å². The largest absolute Gasteiger partial charge is 0.479 e. The quantitative estimate of drug-likeness (QED) is 0.823. The van der Waals surface area contributed by atoms with Crippen LogP contribution in [-0.4, -0.2) is 18.3 Å². The summed E-state index contributed by atoms with van der Waals surface area (Å²) in [4.78, 5) is 0. The molecule has 0 heterocycles. The van der Waals surface area contributed by atoms with Crippen LogP contribution >= 0.6 is 0 Å². The summed E-state index contributed by atoms with van der Waals surface area (Å²) < 4.78 is 5.24. The standard InChI is InChI=1S/C19H22N2O2/c1-14-4-3-5-17(12-14)19(22)13-21-15(2)16-6-8-18(9-7-16)23-11-10-20/h3-9,12,15,19,21-22H,11,13H2,1-2H3. The summed E-state index contributed by atoms with van der Waals surface area (Å²) in [5.74, 6) is 0.683. The normalized spacial score (nSPS) is 13.1. The van der Waals surface area contributed by atoms with Crippen LogP contribution in [0.5, 0.6) is 5.75 Å². The van der Waals surface area contributed by atoms with Crippen LogP contribution in [0, 0.1) is 18.3 Å². The number of aliphatic hydroxyl groups is 1.